The van der Waals surface area contributed by atoms with Crippen molar-refractivity contribution >= 4 is 11.6 Å². The first-order chi connectivity index (χ1) is 8.58. The molecular formula is C15H22N2O. The van der Waals surface area contributed by atoms with Crippen molar-refractivity contribution in [2.75, 3.05) is 18.8 Å². The minimum Gasteiger partial charge on any atom is -0.399 e. The largest absolute Gasteiger partial charge is 0.399 e. The highest BCUT2D eigenvalue weighted by Crippen LogP contribution is 2.28. The molecule has 3 nitrogen and oxygen atoms in total. The molecule has 3 heteroatoms. The van der Waals surface area contributed by atoms with Crippen LogP contribution in [0.1, 0.15) is 38.2 Å². The Morgan fingerprint density at radius 2 is 2.22 bits per heavy atom. The molecule has 98 valence electrons. The van der Waals surface area contributed by atoms with Gasteiger partial charge < -0.3 is 10.6 Å². The second-order valence-corrected chi connectivity index (χ2v) is 5.45. The Bertz CT molecular complexity index is 428. The van der Waals surface area contributed by atoms with Gasteiger partial charge in [-0.1, -0.05) is 26.0 Å². The number of nitrogens with zero attached hydrogens (tertiary/aromatic N) is 1. The zero-order valence-corrected chi connectivity index (χ0v) is 11.2. The van der Waals surface area contributed by atoms with Gasteiger partial charge in [-0.15, -0.1) is 0 Å². The molecule has 0 spiro atoms. The number of hydrogen-bond donors (Lipinski definition) is 1. The Labute approximate surface area is 109 Å². The molecule has 1 heterocycles. The quantitative estimate of drug-likeness (QED) is 0.815. The van der Waals surface area contributed by atoms with Crippen molar-refractivity contribution in [1.82, 2.24) is 4.90 Å². The monoisotopic (exact) mass is 246 g/mol. The molecule has 1 saturated heterocycles. The lowest BCUT2D eigenvalue weighted by atomic mass is 9.90. The highest BCUT2D eigenvalue weighted by molar-refractivity contribution is 5.78. The zero-order chi connectivity index (χ0) is 13.1. The first-order valence-electron chi connectivity index (χ1n) is 6.72. The van der Waals surface area contributed by atoms with Crippen LogP contribution in [0.2, 0.25) is 0 Å². The number of amides is 1. The van der Waals surface area contributed by atoms with E-state index in [1.807, 2.05) is 36.9 Å². The van der Waals surface area contributed by atoms with E-state index >= 15 is 0 Å². The highest BCUT2D eigenvalue weighted by atomic mass is 16.2. The van der Waals surface area contributed by atoms with E-state index in [4.69, 9.17) is 5.73 Å². The van der Waals surface area contributed by atoms with Gasteiger partial charge in [-0.05, 0) is 30.5 Å². The van der Waals surface area contributed by atoms with Gasteiger partial charge in [-0.2, -0.15) is 0 Å². The fourth-order valence-corrected chi connectivity index (χ4v) is 2.63. The standard InChI is InChI=1S/C15H22N2O/c1-11(2)15(18)17-8-4-6-13(10-17)12-5-3-7-14(16)9-12/h3,5,7,9,11,13H,4,6,8,10,16H2,1-2H3. The van der Waals surface area contributed by atoms with E-state index in [2.05, 4.69) is 6.07 Å². The lowest BCUT2D eigenvalue weighted by Crippen LogP contribution is -2.41. The molecule has 1 atom stereocenters. The lowest BCUT2D eigenvalue weighted by molar-refractivity contribution is -0.135. The van der Waals surface area contributed by atoms with Crippen molar-refractivity contribution in [3.8, 4) is 0 Å². The van der Waals surface area contributed by atoms with Crippen LogP contribution in [0.5, 0.6) is 0 Å². The number of nitrogen functional groups attached to an aromatic ring is 1. The maximum atomic E-state index is 12.0. The number of likely N-dealkylation sites (tertiary alicyclic amines) is 1. The summed E-state index contributed by atoms with van der Waals surface area (Å²) in [5.74, 6) is 0.790. The minimum absolute atomic E-state index is 0.0876. The molecule has 18 heavy (non-hydrogen) atoms. The van der Waals surface area contributed by atoms with E-state index in [1.165, 1.54) is 5.56 Å². The number of rotatable bonds is 2. The minimum atomic E-state index is 0.0876. The third kappa shape index (κ3) is 2.84. The van der Waals surface area contributed by atoms with Crippen LogP contribution in [0.3, 0.4) is 0 Å². The van der Waals surface area contributed by atoms with Gasteiger partial charge in [0.05, 0.1) is 0 Å². The third-order valence-electron chi connectivity index (χ3n) is 3.61. The summed E-state index contributed by atoms with van der Waals surface area (Å²) in [6.07, 6.45) is 2.23. The van der Waals surface area contributed by atoms with Crippen molar-refractivity contribution in [2.24, 2.45) is 5.92 Å². The molecule has 0 saturated carbocycles. The molecule has 0 bridgehead atoms. The topological polar surface area (TPSA) is 46.3 Å². The van der Waals surface area contributed by atoms with Gasteiger partial charge in [-0.25, -0.2) is 0 Å². The predicted molar refractivity (Wildman–Crippen MR) is 74.2 cm³/mol. The predicted octanol–water partition coefficient (Wildman–Crippen LogP) is 2.63. The van der Waals surface area contributed by atoms with E-state index < -0.39 is 0 Å². The van der Waals surface area contributed by atoms with Crippen LogP contribution < -0.4 is 5.73 Å². The molecule has 0 aromatic heterocycles. The summed E-state index contributed by atoms with van der Waals surface area (Å²) in [5, 5.41) is 0. The molecule has 1 fully saturated rings. The average molecular weight is 246 g/mol. The van der Waals surface area contributed by atoms with Crippen LogP contribution in [-0.2, 0) is 4.79 Å². The molecule has 1 unspecified atom stereocenters. The fourth-order valence-electron chi connectivity index (χ4n) is 2.63. The second-order valence-electron chi connectivity index (χ2n) is 5.45. The summed E-state index contributed by atoms with van der Waals surface area (Å²) in [6.45, 7) is 5.66. The summed E-state index contributed by atoms with van der Waals surface area (Å²) < 4.78 is 0. The second kappa shape index (κ2) is 5.42. The van der Waals surface area contributed by atoms with Crippen LogP contribution >= 0.6 is 0 Å². The third-order valence-corrected chi connectivity index (χ3v) is 3.61. The van der Waals surface area contributed by atoms with Crippen LogP contribution in [0.15, 0.2) is 24.3 Å². The molecule has 0 radical (unpaired) electrons. The number of nitrogens with two attached hydrogens (primary N) is 1. The first-order valence-corrected chi connectivity index (χ1v) is 6.72. The normalized spacial score (nSPS) is 20.2. The molecule has 1 aliphatic rings. The van der Waals surface area contributed by atoms with Crippen LogP contribution in [0, 0.1) is 5.92 Å². The number of benzene rings is 1. The maximum absolute atomic E-state index is 12.0. The van der Waals surface area contributed by atoms with Gasteiger partial charge >= 0.3 is 0 Å². The van der Waals surface area contributed by atoms with Crippen LogP contribution in [0.4, 0.5) is 5.69 Å². The summed E-state index contributed by atoms with van der Waals surface area (Å²) in [5.41, 5.74) is 7.89. The van der Waals surface area contributed by atoms with Crippen molar-refractivity contribution < 1.29 is 4.79 Å². The smallest absolute Gasteiger partial charge is 0.225 e. The first kappa shape index (κ1) is 12.9. The number of hydrogen-bond acceptors (Lipinski definition) is 2. The average Bonchev–Trinajstić information content (AvgIpc) is 2.38. The van der Waals surface area contributed by atoms with Gasteiger partial charge in [0.1, 0.15) is 0 Å². The summed E-state index contributed by atoms with van der Waals surface area (Å²) >= 11 is 0. The van der Waals surface area contributed by atoms with Gasteiger partial charge in [0.15, 0.2) is 0 Å². The van der Waals surface area contributed by atoms with E-state index in [1.54, 1.807) is 0 Å². The molecule has 1 aromatic rings. The number of anilines is 1. The summed E-state index contributed by atoms with van der Waals surface area (Å²) in [6, 6.07) is 8.05. The van der Waals surface area contributed by atoms with Gasteiger partial charge in [-0.3, -0.25) is 4.79 Å². The van der Waals surface area contributed by atoms with Crippen LogP contribution in [-0.4, -0.2) is 23.9 Å². The molecule has 2 N–H and O–H groups in total. The molecule has 1 amide bonds. The maximum Gasteiger partial charge on any atom is 0.225 e. The van der Waals surface area contributed by atoms with E-state index in [0.717, 1.165) is 31.6 Å². The van der Waals surface area contributed by atoms with Gasteiger partial charge in [0, 0.05) is 30.6 Å². The van der Waals surface area contributed by atoms with Gasteiger partial charge in [0.2, 0.25) is 5.91 Å². The molecule has 0 aliphatic carbocycles. The molecular weight excluding hydrogens is 224 g/mol. The van der Waals surface area contributed by atoms with E-state index in [0.29, 0.717) is 5.92 Å². The molecule has 1 aromatic carbocycles. The summed E-state index contributed by atoms with van der Waals surface area (Å²) in [4.78, 5) is 14.0. The van der Waals surface area contributed by atoms with E-state index in [9.17, 15) is 4.79 Å². The Balaban J connectivity index is 2.09. The fraction of sp³-hybridized carbons (Fsp3) is 0.533. The Kier molecular flexibility index (Phi) is 3.90. The van der Waals surface area contributed by atoms with Crippen molar-refractivity contribution in [3.05, 3.63) is 29.8 Å². The molecule has 1 aliphatic heterocycles. The Morgan fingerprint density at radius 3 is 2.89 bits per heavy atom. The van der Waals surface area contributed by atoms with Gasteiger partial charge in [0.25, 0.3) is 0 Å². The number of carbonyl (C=O) groups excluding carboxylic acids is 1. The zero-order valence-electron chi connectivity index (χ0n) is 11.2. The number of piperidine rings is 1. The van der Waals surface area contributed by atoms with Crippen molar-refractivity contribution in [3.63, 3.8) is 0 Å². The van der Waals surface area contributed by atoms with Crippen molar-refractivity contribution in [2.45, 2.75) is 32.6 Å². The Hall–Kier alpha value is -1.51. The van der Waals surface area contributed by atoms with Crippen LogP contribution in [0.25, 0.3) is 0 Å². The highest BCUT2D eigenvalue weighted by Gasteiger charge is 2.25. The Morgan fingerprint density at radius 1 is 1.44 bits per heavy atom. The lowest BCUT2D eigenvalue weighted by Gasteiger charge is -2.34. The number of carbonyl (C=O) groups is 1. The van der Waals surface area contributed by atoms with Crippen molar-refractivity contribution in [1.29, 1.82) is 0 Å². The SMILES string of the molecule is CC(C)C(=O)N1CCCC(c2cccc(N)c2)C1. The molecule has 2 rings (SSSR count). The van der Waals surface area contributed by atoms with E-state index in [-0.39, 0.29) is 11.8 Å². The summed E-state index contributed by atoms with van der Waals surface area (Å²) in [7, 11) is 0.